The number of thioether (sulfide) groups is 1. The van der Waals surface area contributed by atoms with E-state index in [1.807, 2.05) is 32.9 Å². The van der Waals surface area contributed by atoms with Crippen molar-refractivity contribution in [3.63, 3.8) is 0 Å². The summed E-state index contributed by atoms with van der Waals surface area (Å²) in [6.07, 6.45) is 1.54. The molecule has 0 fully saturated rings. The molecule has 2 rings (SSSR count). The quantitative estimate of drug-likeness (QED) is 0.285. The van der Waals surface area contributed by atoms with Crippen molar-refractivity contribution in [2.45, 2.75) is 25.9 Å². The van der Waals surface area contributed by atoms with Gasteiger partial charge in [0.15, 0.2) is 16.7 Å². The van der Waals surface area contributed by atoms with Crippen LogP contribution in [0, 0.1) is 13.8 Å². The van der Waals surface area contributed by atoms with Gasteiger partial charge in [-0.25, -0.2) is 15.4 Å². The van der Waals surface area contributed by atoms with Gasteiger partial charge in [0.05, 0.1) is 30.2 Å². The van der Waals surface area contributed by atoms with E-state index in [9.17, 15) is 4.79 Å². The average Bonchev–Trinajstić information content (AvgIpc) is 2.59. The summed E-state index contributed by atoms with van der Waals surface area (Å²) in [5.74, 6) is 1.15. The summed E-state index contributed by atoms with van der Waals surface area (Å²) in [5, 5.41) is 4.57. The number of hydrogen-bond acceptors (Lipinski definition) is 7. The highest BCUT2D eigenvalue weighted by molar-refractivity contribution is 9.10. The number of carbonyl (C=O) groups is 1. The van der Waals surface area contributed by atoms with Crippen molar-refractivity contribution in [1.29, 1.82) is 0 Å². The van der Waals surface area contributed by atoms with E-state index in [4.69, 9.17) is 9.47 Å². The molecule has 2 aromatic rings. The smallest absolute Gasteiger partial charge is 0.250 e. The topological polar surface area (TPSA) is 85.7 Å². The Bertz CT molecular complexity index is 825. The van der Waals surface area contributed by atoms with Gasteiger partial charge in [0.1, 0.15) is 0 Å². The summed E-state index contributed by atoms with van der Waals surface area (Å²) in [6, 6.07) is 5.51. The van der Waals surface area contributed by atoms with Crippen LogP contribution in [0.15, 0.2) is 32.9 Å². The van der Waals surface area contributed by atoms with Gasteiger partial charge in [0.25, 0.3) is 5.91 Å². The first-order valence-corrected chi connectivity index (χ1v) is 9.98. The van der Waals surface area contributed by atoms with E-state index < -0.39 is 0 Å². The second kappa shape index (κ2) is 10.3. The molecule has 27 heavy (non-hydrogen) atoms. The maximum absolute atomic E-state index is 12.0. The van der Waals surface area contributed by atoms with Gasteiger partial charge in [-0.15, -0.1) is 0 Å². The summed E-state index contributed by atoms with van der Waals surface area (Å²) >= 11 is 4.71. The minimum absolute atomic E-state index is 0.177. The molecule has 0 unspecified atom stereocenters. The number of hydrogen-bond donors (Lipinski definition) is 1. The van der Waals surface area contributed by atoms with E-state index in [2.05, 4.69) is 36.4 Å². The highest BCUT2D eigenvalue weighted by Crippen LogP contribution is 2.36. The van der Waals surface area contributed by atoms with Gasteiger partial charge >= 0.3 is 0 Å². The number of carbonyl (C=O) groups excluding carboxylic acids is 1. The third-order valence-corrected chi connectivity index (χ3v) is 4.67. The predicted octanol–water partition coefficient (Wildman–Crippen LogP) is 3.51. The first kappa shape index (κ1) is 21.2. The zero-order chi connectivity index (χ0) is 19.8. The van der Waals surface area contributed by atoms with Gasteiger partial charge in [-0.3, -0.25) is 4.79 Å². The third-order valence-electron chi connectivity index (χ3n) is 3.23. The van der Waals surface area contributed by atoms with Crippen molar-refractivity contribution in [1.82, 2.24) is 15.4 Å². The molecular weight excluding hydrogens is 432 g/mol. The van der Waals surface area contributed by atoms with Crippen LogP contribution in [0.25, 0.3) is 0 Å². The fourth-order valence-electron chi connectivity index (χ4n) is 2.22. The van der Waals surface area contributed by atoms with Crippen molar-refractivity contribution >= 4 is 39.8 Å². The molecule has 0 aliphatic heterocycles. The minimum atomic E-state index is -0.239. The van der Waals surface area contributed by atoms with Gasteiger partial charge in [-0.1, -0.05) is 11.8 Å². The molecule has 9 heteroatoms. The summed E-state index contributed by atoms with van der Waals surface area (Å²) in [7, 11) is 1.58. The fraction of sp³-hybridized carbons (Fsp3) is 0.333. The molecule has 0 saturated heterocycles. The van der Waals surface area contributed by atoms with Crippen LogP contribution in [-0.4, -0.2) is 41.6 Å². The first-order valence-electron chi connectivity index (χ1n) is 8.20. The molecule has 1 aromatic heterocycles. The number of rotatable bonds is 8. The van der Waals surface area contributed by atoms with Gasteiger partial charge in [-0.2, -0.15) is 5.10 Å². The van der Waals surface area contributed by atoms with E-state index in [0.717, 1.165) is 21.4 Å². The maximum atomic E-state index is 12.0. The number of aromatic nitrogens is 2. The van der Waals surface area contributed by atoms with Crippen LogP contribution in [0.4, 0.5) is 0 Å². The highest BCUT2D eigenvalue weighted by atomic mass is 79.9. The monoisotopic (exact) mass is 452 g/mol. The molecule has 0 atom stereocenters. The molecule has 0 aliphatic rings. The van der Waals surface area contributed by atoms with Crippen LogP contribution in [0.2, 0.25) is 0 Å². The molecular formula is C18H21BrN4O3S. The number of ether oxygens (including phenoxy) is 2. The molecule has 0 bridgehead atoms. The van der Waals surface area contributed by atoms with E-state index in [0.29, 0.717) is 23.3 Å². The summed E-state index contributed by atoms with van der Waals surface area (Å²) in [6.45, 7) is 6.20. The van der Waals surface area contributed by atoms with Crippen LogP contribution in [0.3, 0.4) is 0 Å². The number of hydrazone groups is 1. The number of amides is 1. The van der Waals surface area contributed by atoms with Crippen molar-refractivity contribution in [2.24, 2.45) is 5.10 Å². The largest absolute Gasteiger partial charge is 0.492 e. The van der Waals surface area contributed by atoms with Gasteiger partial charge in [-0.05, 0) is 60.5 Å². The van der Waals surface area contributed by atoms with E-state index in [-0.39, 0.29) is 11.7 Å². The van der Waals surface area contributed by atoms with E-state index in [1.54, 1.807) is 19.4 Å². The third kappa shape index (κ3) is 6.51. The van der Waals surface area contributed by atoms with Crippen molar-refractivity contribution in [3.8, 4) is 11.5 Å². The molecule has 144 valence electrons. The number of nitrogens with one attached hydrogen (secondary N) is 1. The second-order valence-corrected chi connectivity index (χ2v) is 7.28. The number of halogens is 1. The lowest BCUT2D eigenvalue weighted by Crippen LogP contribution is -2.19. The van der Waals surface area contributed by atoms with Crippen LogP contribution < -0.4 is 14.9 Å². The first-order chi connectivity index (χ1) is 12.9. The summed E-state index contributed by atoms with van der Waals surface area (Å²) in [5.41, 5.74) is 5.01. The Labute approximate surface area is 171 Å². The Balaban J connectivity index is 1.95. The molecule has 0 spiro atoms. The van der Waals surface area contributed by atoms with Crippen LogP contribution >= 0.6 is 27.7 Å². The van der Waals surface area contributed by atoms with Crippen molar-refractivity contribution in [3.05, 3.63) is 39.6 Å². The van der Waals surface area contributed by atoms with E-state index in [1.165, 1.54) is 11.8 Å². The number of methoxy groups -OCH3 is 1. The molecule has 1 aromatic carbocycles. The zero-order valence-corrected chi connectivity index (χ0v) is 18.0. The Morgan fingerprint density at radius 1 is 1.30 bits per heavy atom. The SMILES string of the molecule is CCOc1cc(/C=N\NC(=O)CSc2nc(C)cc(C)n2)cc(Br)c1OC. The summed E-state index contributed by atoms with van der Waals surface area (Å²) in [4.78, 5) is 20.5. The van der Waals surface area contributed by atoms with Crippen LogP contribution in [-0.2, 0) is 4.79 Å². The molecule has 1 amide bonds. The molecule has 0 saturated carbocycles. The second-order valence-electron chi connectivity index (χ2n) is 5.48. The molecule has 1 N–H and O–H groups in total. The number of nitrogens with zero attached hydrogens (tertiary/aromatic N) is 3. The molecule has 1 heterocycles. The van der Waals surface area contributed by atoms with Crippen molar-refractivity contribution in [2.75, 3.05) is 19.5 Å². The summed E-state index contributed by atoms with van der Waals surface area (Å²) < 4.78 is 11.6. The number of aryl methyl sites for hydroxylation is 2. The van der Waals surface area contributed by atoms with Crippen LogP contribution in [0.1, 0.15) is 23.9 Å². The van der Waals surface area contributed by atoms with Gasteiger partial charge in [0, 0.05) is 11.4 Å². The molecule has 0 radical (unpaired) electrons. The minimum Gasteiger partial charge on any atom is -0.492 e. The molecule has 0 aliphatic carbocycles. The lowest BCUT2D eigenvalue weighted by molar-refractivity contribution is -0.118. The normalized spacial score (nSPS) is 10.9. The standard InChI is InChI=1S/C18H21BrN4O3S/c1-5-26-15-8-13(7-14(19)17(15)25-4)9-20-23-16(24)10-27-18-21-11(2)6-12(3)22-18/h6-9H,5,10H2,1-4H3,(H,23,24)/b20-9-. The lowest BCUT2D eigenvalue weighted by atomic mass is 10.2. The Morgan fingerprint density at radius 3 is 2.63 bits per heavy atom. The lowest BCUT2D eigenvalue weighted by Gasteiger charge is -2.11. The predicted molar refractivity (Wildman–Crippen MR) is 110 cm³/mol. The maximum Gasteiger partial charge on any atom is 0.250 e. The Morgan fingerprint density at radius 2 is 2.00 bits per heavy atom. The highest BCUT2D eigenvalue weighted by Gasteiger charge is 2.10. The van der Waals surface area contributed by atoms with Crippen LogP contribution in [0.5, 0.6) is 11.5 Å². The van der Waals surface area contributed by atoms with Gasteiger partial charge < -0.3 is 9.47 Å². The van der Waals surface area contributed by atoms with E-state index >= 15 is 0 Å². The average molecular weight is 453 g/mol. The van der Waals surface area contributed by atoms with Gasteiger partial charge in [0.2, 0.25) is 0 Å². The van der Waals surface area contributed by atoms with Crippen molar-refractivity contribution < 1.29 is 14.3 Å². The Kier molecular flexibility index (Phi) is 8.05. The zero-order valence-electron chi connectivity index (χ0n) is 15.6. The Hall–Kier alpha value is -2.13. The molecule has 7 nitrogen and oxygen atoms in total. The fourth-order valence-corrected chi connectivity index (χ4v) is 3.59. The number of benzene rings is 1.